The Bertz CT molecular complexity index is 482. The third kappa shape index (κ3) is 4.34. The Labute approximate surface area is 165 Å². The maximum atomic E-state index is 2.50. The van der Waals surface area contributed by atoms with Gasteiger partial charge in [-0.15, -0.1) is 0 Å². The predicted octanol–water partition coefficient (Wildman–Crippen LogP) is -0.115. The largest absolute Gasteiger partial charge is 1.00 e. The first-order chi connectivity index (χ1) is 10.4. The summed E-state index contributed by atoms with van der Waals surface area (Å²) in [5.74, 6) is 1.87. The SMILES string of the molecule is C1=CC(C2CCCC2)=[C]([Zr+2][C]2=C(C3CCCC3)C=CC2)C1.[Cl-].[Cl-]. The smallest absolute Gasteiger partial charge is 1.00 e. The van der Waals surface area contributed by atoms with Crippen LogP contribution < -0.4 is 24.8 Å². The average Bonchev–Trinajstić information content (AvgIpc) is 3.28. The number of rotatable bonds is 4. The summed E-state index contributed by atoms with van der Waals surface area (Å²) in [4.78, 5) is 0. The molecule has 0 radical (unpaired) electrons. The van der Waals surface area contributed by atoms with Gasteiger partial charge < -0.3 is 24.8 Å². The Balaban J connectivity index is 0.000000960. The second kappa shape index (κ2) is 9.21. The molecule has 0 spiro atoms. The molecule has 2 fully saturated rings. The van der Waals surface area contributed by atoms with Crippen LogP contribution in [-0.2, 0) is 23.2 Å². The maximum Gasteiger partial charge on any atom is -1.00 e. The van der Waals surface area contributed by atoms with E-state index in [-0.39, 0.29) is 24.8 Å². The predicted molar refractivity (Wildman–Crippen MR) is 85.5 cm³/mol. The minimum absolute atomic E-state index is 0. The summed E-state index contributed by atoms with van der Waals surface area (Å²) in [6.45, 7) is 0. The molecule has 0 aromatic carbocycles. The van der Waals surface area contributed by atoms with Crippen molar-refractivity contribution in [3.05, 3.63) is 42.0 Å². The van der Waals surface area contributed by atoms with E-state index in [1.165, 1.54) is 64.2 Å². The van der Waals surface area contributed by atoms with Crippen molar-refractivity contribution in [3.63, 3.8) is 0 Å². The fraction of sp³-hybridized carbons (Fsp3) is 0.600. The van der Waals surface area contributed by atoms with Gasteiger partial charge in [0.1, 0.15) is 0 Å². The van der Waals surface area contributed by atoms with Crippen molar-refractivity contribution >= 4 is 0 Å². The summed E-state index contributed by atoms with van der Waals surface area (Å²) >= 11 is -0.486. The van der Waals surface area contributed by atoms with Gasteiger partial charge in [-0.05, 0) is 0 Å². The molecule has 0 aromatic rings. The molecule has 23 heavy (non-hydrogen) atoms. The van der Waals surface area contributed by atoms with Crippen molar-refractivity contribution in [1.29, 1.82) is 0 Å². The summed E-state index contributed by atoms with van der Waals surface area (Å²) in [6.07, 6.45) is 24.3. The molecule has 0 unspecified atom stereocenters. The Hall–Kier alpha value is 0.423. The van der Waals surface area contributed by atoms with Crippen molar-refractivity contribution in [2.75, 3.05) is 0 Å². The van der Waals surface area contributed by atoms with Crippen molar-refractivity contribution in [2.45, 2.75) is 64.2 Å². The van der Waals surface area contributed by atoms with Crippen LogP contribution in [0.3, 0.4) is 0 Å². The monoisotopic (exact) mass is 426 g/mol. The first kappa shape index (κ1) is 19.7. The summed E-state index contributed by atoms with van der Waals surface area (Å²) in [5, 5.41) is 0. The van der Waals surface area contributed by atoms with Crippen LogP contribution in [0.2, 0.25) is 0 Å². The van der Waals surface area contributed by atoms with E-state index >= 15 is 0 Å². The number of halogens is 2. The normalized spacial score (nSPS) is 24.3. The number of hydrogen-bond acceptors (Lipinski definition) is 0. The zero-order valence-electron chi connectivity index (χ0n) is 13.8. The van der Waals surface area contributed by atoms with Crippen LogP contribution in [-0.4, -0.2) is 0 Å². The fourth-order valence-electron chi connectivity index (χ4n) is 4.71. The molecule has 0 saturated heterocycles. The summed E-state index contributed by atoms with van der Waals surface area (Å²) in [7, 11) is 0. The summed E-state index contributed by atoms with van der Waals surface area (Å²) in [6, 6.07) is 0. The van der Waals surface area contributed by atoms with Gasteiger partial charge >= 0.3 is 141 Å². The molecule has 4 aliphatic carbocycles. The van der Waals surface area contributed by atoms with Crippen LogP contribution in [0, 0.1) is 11.8 Å². The second-order valence-electron chi connectivity index (χ2n) is 7.17. The fourth-order valence-corrected chi connectivity index (χ4v) is 8.81. The van der Waals surface area contributed by atoms with Crippen molar-refractivity contribution in [1.82, 2.24) is 0 Å². The average molecular weight is 429 g/mol. The molecule has 0 bridgehead atoms. The van der Waals surface area contributed by atoms with E-state index in [2.05, 4.69) is 24.3 Å². The first-order valence-electron chi connectivity index (χ1n) is 8.98. The maximum absolute atomic E-state index is 2.50. The van der Waals surface area contributed by atoms with Gasteiger partial charge in [0.05, 0.1) is 0 Å². The van der Waals surface area contributed by atoms with Crippen LogP contribution in [0.4, 0.5) is 0 Å². The molecule has 0 nitrogen and oxygen atoms in total. The third-order valence-corrected chi connectivity index (χ3v) is 9.73. The van der Waals surface area contributed by atoms with Crippen LogP contribution >= 0.6 is 0 Å². The van der Waals surface area contributed by atoms with Gasteiger partial charge in [0.2, 0.25) is 0 Å². The van der Waals surface area contributed by atoms with Gasteiger partial charge in [-0.2, -0.15) is 0 Å². The molecular formula is C20H26Cl2Zr. The van der Waals surface area contributed by atoms with E-state index in [1.807, 2.05) is 17.7 Å². The Morgan fingerprint density at radius 3 is 1.43 bits per heavy atom. The molecule has 0 amide bonds. The quantitative estimate of drug-likeness (QED) is 0.586. The Kier molecular flexibility index (Phi) is 7.91. The van der Waals surface area contributed by atoms with Crippen LogP contribution in [0.25, 0.3) is 0 Å². The van der Waals surface area contributed by atoms with Crippen LogP contribution in [0.5, 0.6) is 0 Å². The van der Waals surface area contributed by atoms with Gasteiger partial charge in [-0.25, -0.2) is 0 Å². The van der Waals surface area contributed by atoms with Crippen LogP contribution in [0.1, 0.15) is 64.2 Å². The van der Waals surface area contributed by atoms with E-state index < -0.39 is 23.2 Å². The minimum Gasteiger partial charge on any atom is -1.00 e. The summed E-state index contributed by atoms with van der Waals surface area (Å²) in [5.41, 5.74) is 3.62. The van der Waals surface area contributed by atoms with Gasteiger partial charge in [-0.3, -0.25) is 0 Å². The van der Waals surface area contributed by atoms with Crippen LogP contribution in [0.15, 0.2) is 42.0 Å². The molecular weight excluding hydrogens is 402 g/mol. The van der Waals surface area contributed by atoms with E-state index in [0.29, 0.717) is 0 Å². The molecule has 2 saturated carbocycles. The molecule has 124 valence electrons. The minimum atomic E-state index is -0.486. The van der Waals surface area contributed by atoms with E-state index in [9.17, 15) is 0 Å². The standard InChI is InChI=1S/2C10H13.2ClH.Zr/c2*1-2-6-9(5-1)10-7-3-4-8-10;;;/h2*1,5,10H,2-4,7-8H2;2*1H;/q;;;;+2/p-2. The van der Waals surface area contributed by atoms with Crippen molar-refractivity contribution < 1.29 is 48.0 Å². The molecule has 4 aliphatic rings. The Morgan fingerprint density at radius 1 is 0.652 bits per heavy atom. The van der Waals surface area contributed by atoms with Gasteiger partial charge in [0.25, 0.3) is 0 Å². The molecule has 0 aliphatic heterocycles. The zero-order valence-corrected chi connectivity index (χ0v) is 17.8. The van der Waals surface area contributed by atoms with Gasteiger partial charge in [-0.1, -0.05) is 0 Å². The van der Waals surface area contributed by atoms with Gasteiger partial charge in [0, 0.05) is 0 Å². The van der Waals surface area contributed by atoms with E-state index in [4.69, 9.17) is 0 Å². The van der Waals surface area contributed by atoms with Crippen molar-refractivity contribution in [3.8, 4) is 0 Å². The molecule has 0 atom stereocenters. The Morgan fingerprint density at radius 2 is 1.04 bits per heavy atom. The number of hydrogen-bond donors (Lipinski definition) is 0. The topological polar surface area (TPSA) is 0 Å². The molecule has 3 heteroatoms. The van der Waals surface area contributed by atoms with Gasteiger partial charge in [0.15, 0.2) is 0 Å². The number of allylic oxidation sites excluding steroid dienone is 8. The van der Waals surface area contributed by atoms with E-state index in [0.717, 1.165) is 11.8 Å². The van der Waals surface area contributed by atoms with Crippen molar-refractivity contribution in [2.24, 2.45) is 11.8 Å². The zero-order chi connectivity index (χ0) is 14.1. The molecule has 0 N–H and O–H groups in total. The second-order valence-corrected chi connectivity index (χ2v) is 10.8. The van der Waals surface area contributed by atoms with E-state index in [1.54, 1.807) is 0 Å². The third-order valence-electron chi connectivity index (χ3n) is 5.83. The summed E-state index contributed by atoms with van der Waals surface area (Å²) < 4.78 is 3.86. The molecule has 0 aromatic heterocycles. The molecule has 0 heterocycles. The first-order valence-corrected chi connectivity index (χ1v) is 11.4. The molecule has 4 rings (SSSR count).